The summed E-state index contributed by atoms with van der Waals surface area (Å²) in [5, 5.41) is 17.1. The van der Waals surface area contributed by atoms with Gasteiger partial charge < -0.3 is 35.4 Å². The fourth-order valence-corrected chi connectivity index (χ4v) is 12.9. The van der Waals surface area contributed by atoms with Crippen molar-refractivity contribution in [1.82, 2.24) is 44.6 Å². The van der Waals surface area contributed by atoms with Crippen molar-refractivity contribution in [1.29, 1.82) is 0 Å². The Bertz CT molecular complexity index is 3410. The lowest BCUT2D eigenvalue weighted by Gasteiger charge is -2.39. The minimum atomic E-state index is -4.37. The van der Waals surface area contributed by atoms with Crippen LogP contribution in [0.3, 0.4) is 0 Å². The van der Waals surface area contributed by atoms with Gasteiger partial charge in [-0.05, 0) is 102 Å². The number of pyridine rings is 2. The number of aromatic amines is 1. The van der Waals surface area contributed by atoms with Gasteiger partial charge in [0.25, 0.3) is 0 Å². The van der Waals surface area contributed by atoms with E-state index < -0.39 is 81.1 Å². The fraction of sp³-hybridized carbons (Fsp3) is 0.433. The van der Waals surface area contributed by atoms with Gasteiger partial charge in [0.05, 0.1) is 29.9 Å². The number of β-amino-alcohol motifs (C(OH)–C–C–N with tert-alkyl or cyclic N) is 1. The number of carbonyl (C=O) groups is 4. The second-order valence-electron chi connectivity index (χ2n) is 23.2. The Morgan fingerprint density at radius 3 is 2.13 bits per heavy atom. The summed E-state index contributed by atoms with van der Waals surface area (Å²) in [7, 11) is -4.37. The fourth-order valence-electron chi connectivity index (χ4n) is 11.6. The number of nitrogens with one attached hydrogen (secondary N) is 4. The van der Waals surface area contributed by atoms with E-state index in [-0.39, 0.29) is 55.9 Å². The van der Waals surface area contributed by atoms with E-state index in [1.54, 1.807) is 24.7 Å². The zero-order valence-electron chi connectivity index (χ0n) is 46.5. The van der Waals surface area contributed by atoms with E-state index >= 15 is 8.78 Å². The Hall–Kier alpha value is -7.24. The normalized spacial score (nSPS) is 20.5. The zero-order valence-corrected chi connectivity index (χ0v) is 47.3. The number of H-pyrrole nitrogens is 1. The summed E-state index contributed by atoms with van der Waals surface area (Å²) in [4.78, 5) is 75.4. The molecular weight excluding hydrogens is 1080 g/mol. The third-order valence-electron chi connectivity index (χ3n) is 16.4. The number of aliphatic hydroxyl groups is 1. The zero-order chi connectivity index (χ0) is 58.0. The molecule has 10 rings (SSSR count). The van der Waals surface area contributed by atoms with Crippen LogP contribution in [0, 0.1) is 23.0 Å². The lowest BCUT2D eigenvalue weighted by atomic mass is 9.85. The Labute approximate surface area is 475 Å². The van der Waals surface area contributed by atoms with Crippen molar-refractivity contribution in [3.63, 3.8) is 0 Å². The van der Waals surface area contributed by atoms with Crippen LogP contribution in [0.1, 0.15) is 80.9 Å². The molecule has 0 saturated carbocycles. The number of benzene rings is 3. The van der Waals surface area contributed by atoms with E-state index in [9.17, 15) is 37.1 Å². The number of piperidine rings is 1. The van der Waals surface area contributed by atoms with Crippen LogP contribution < -0.4 is 20.3 Å². The first-order valence-electron chi connectivity index (χ1n) is 28.0. The smallest absolute Gasteiger partial charge is 0.301 e. The molecule has 3 amide bonds. The van der Waals surface area contributed by atoms with Gasteiger partial charge in [-0.3, -0.25) is 33.8 Å². The first-order valence-corrected chi connectivity index (χ1v) is 29.4. The highest BCUT2D eigenvalue weighted by molar-refractivity contribution is 7.90. The number of amides is 3. The van der Waals surface area contributed by atoms with Gasteiger partial charge >= 0.3 is 10.2 Å². The highest BCUT2D eigenvalue weighted by atomic mass is 32.2. The number of nitrogens with zero attached hydrogens (tertiary/aromatic N) is 7. The van der Waals surface area contributed by atoms with Crippen LogP contribution in [0.15, 0.2) is 104 Å². The number of hydrogen-bond donors (Lipinski definition) is 5. The summed E-state index contributed by atoms with van der Waals surface area (Å²) in [6, 6.07) is 21.0. The number of carbonyl (C=O) groups excluding carboxylic acids is 4. The summed E-state index contributed by atoms with van der Waals surface area (Å²) < 4.78 is 73.4. The lowest BCUT2D eigenvalue weighted by Crippen LogP contribution is -2.59. The number of likely N-dealkylation sites (tertiary alicyclic amines) is 1. The van der Waals surface area contributed by atoms with Crippen LogP contribution in [0.2, 0.25) is 0 Å². The van der Waals surface area contributed by atoms with Gasteiger partial charge in [0.15, 0.2) is 5.82 Å². The third kappa shape index (κ3) is 13.0. The van der Waals surface area contributed by atoms with Crippen LogP contribution >= 0.6 is 0 Å². The Morgan fingerprint density at radius 2 is 1.46 bits per heavy atom. The number of fused-ring (bicyclic) bond motifs is 1. The number of piperazine rings is 1. The number of hydrogen-bond acceptors (Lipinski definition) is 12. The molecule has 18 nitrogen and oxygen atoms in total. The van der Waals surface area contributed by atoms with Crippen molar-refractivity contribution in [3.05, 3.63) is 132 Å². The molecule has 0 radical (unpaired) electrons. The number of halogens is 3. The minimum absolute atomic E-state index is 0.00539. The quantitative estimate of drug-likeness (QED) is 0.0603. The molecule has 0 spiro atoms. The average Bonchev–Trinajstić information content (AvgIpc) is 4.16. The number of anilines is 2. The van der Waals surface area contributed by atoms with Gasteiger partial charge in [0, 0.05) is 119 Å². The molecule has 4 aliphatic heterocycles. The van der Waals surface area contributed by atoms with Crippen LogP contribution in [-0.2, 0) is 24.6 Å². The topological polar surface area (TPSA) is 217 Å². The van der Waals surface area contributed by atoms with Crippen LogP contribution in [-0.4, -0.2) is 167 Å². The molecular formula is C60H70F3N11O7S. The molecule has 0 aliphatic carbocycles. The highest BCUT2D eigenvalue weighted by Crippen LogP contribution is 2.33. The van der Waals surface area contributed by atoms with Gasteiger partial charge in [-0.15, -0.1) is 0 Å². The van der Waals surface area contributed by atoms with Crippen molar-refractivity contribution < 1.29 is 45.9 Å². The van der Waals surface area contributed by atoms with E-state index in [1.807, 2.05) is 93.1 Å². The summed E-state index contributed by atoms with van der Waals surface area (Å²) in [5.41, 5.74) is 3.46. The number of aliphatic hydroxyl groups excluding tert-OH is 1. The van der Waals surface area contributed by atoms with E-state index in [2.05, 4.69) is 40.3 Å². The number of rotatable bonds is 17. The second kappa shape index (κ2) is 24.3. The number of ketones is 1. The molecule has 3 aromatic carbocycles. The van der Waals surface area contributed by atoms with Crippen LogP contribution in [0.4, 0.5) is 24.5 Å². The molecule has 5 atom stereocenters. The molecule has 7 heterocycles. The van der Waals surface area contributed by atoms with Crippen molar-refractivity contribution in [2.24, 2.45) is 11.3 Å². The first kappa shape index (κ1) is 58.0. The molecule has 6 aromatic rings. The standard InChI is InChI=1S/C60H70F3N11O7S/c1-37(39-5-7-40(8-6-39)42-15-20-64-21-16-42)67-58(78)51-30-46(75)35-74(51)59(79)56(60(2,3)4)68-52(76)36-71-27-25-70(26-28-71)33-38-17-22-72(23-18-38)45-11-9-41(10-12-45)43-29-47-48(32-66-57(47)65-31-43)55(77)53-49(62)13-14-50(54(53)63)69-82(80,81)73-24-19-44(61)34-73/h5-16,20-21,29,31-32,37-38,44,46,51,56,69,75H,17-19,22-28,30,33-36H2,1-4H3,(H,65,66)(H,67,78)(H,68,76)/t37-,44+,46+,51-,56+/m0/s1. The molecule has 4 fully saturated rings. The Kier molecular flexibility index (Phi) is 17.2. The molecule has 0 unspecified atom stereocenters. The third-order valence-corrected chi connectivity index (χ3v) is 17.9. The first-order chi connectivity index (χ1) is 39.2. The van der Waals surface area contributed by atoms with E-state index in [0.29, 0.717) is 35.6 Å². The van der Waals surface area contributed by atoms with E-state index in [1.165, 1.54) is 11.1 Å². The lowest BCUT2D eigenvalue weighted by molar-refractivity contribution is -0.144. The SMILES string of the molecule is C[C@H](NC(=O)[C@@H]1C[C@@H](O)CN1C(=O)[C@@H](NC(=O)CN1CCN(CC2CCN(c3ccc(-c4cnc5[nH]cc(C(=O)c6c(F)ccc(NS(=O)(=O)N7CC[C@@H](F)C7)c6F)c5c4)cc3)CC2)CC1)C(C)(C)C)c1ccc(-c2ccncc2)cc1. The molecule has 4 saturated heterocycles. The van der Waals surface area contributed by atoms with Gasteiger partial charge in [-0.25, -0.2) is 18.2 Å². The van der Waals surface area contributed by atoms with Gasteiger partial charge in [0.1, 0.15) is 29.7 Å². The van der Waals surface area contributed by atoms with Crippen LogP contribution in [0.25, 0.3) is 33.3 Å². The molecule has 82 heavy (non-hydrogen) atoms. The minimum Gasteiger partial charge on any atom is -0.391 e. The summed E-state index contributed by atoms with van der Waals surface area (Å²) in [6.45, 7) is 12.8. The molecule has 434 valence electrons. The highest BCUT2D eigenvalue weighted by Gasteiger charge is 2.45. The number of alkyl halides is 1. The van der Waals surface area contributed by atoms with Gasteiger partial charge in [-0.2, -0.15) is 12.7 Å². The Balaban J connectivity index is 0.681. The second-order valence-corrected chi connectivity index (χ2v) is 24.9. The molecule has 5 N–H and O–H groups in total. The van der Waals surface area contributed by atoms with Gasteiger partial charge in [-0.1, -0.05) is 57.2 Å². The van der Waals surface area contributed by atoms with Crippen molar-refractivity contribution >= 4 is 56.1 Å². The van der Waals surface area contributed by atoms with Crippen molar-refractivity contribution in [2.75, 3.05) is 81.6 Å². The number of aromatic nitrogens is 3. The summed E-state index contributed by atoms with van der Waals surface area (Å²) in [6.07, 6.45) is 6.28. The summed E-state index contributed by atoms with van der Waals surface area (Å²) in [5.74, 6) is -4.12. The Morgan fingerprint density at radius 1 is 0.805 bits per heavy atom. The molecule has 0 bridgehead atoms. The molecule has 3 aromatic heterocycles. The van der Waals surface area contributed by atoms with Gasteiger partial charge in [0.2, 0.25) is 23.5 Å². The van der Waals surface area contributed by atoms with E-state index in [0.717, 1.165) is 89.9 Å². The summed E-state index contributed by atoms with van der Waals surface area (Å²) >= 11 is 0. The predicted octanol–water partition coefficient (Wildman–Crippen LogP) is 6.71. The van der Waals surface area contributed by atoms with Crippen molar-refractivity contribution in [3.8, 4) is 22.3 Å². The maximum absolute atomic E-state index is 15.8. The molecule has 22 heteroatoms. The molecule has 4 aliphatic rings. The van der Waals surface area contributed by atoms with Crippen molar-refractivity contribution in [2.45, 2.75) is 83.8 Å². The maximum atomic E-state index is 15.8. The monoisotopic (exact) mass is 1150 g/mol. The average molecular weight is 1150 g/mol. The van der Waals surface area contributed by atoms with Crippen LogP contribution in [0.5, 0.6) is 0 Å². The maximum Gasteiger partial charge on any atom is 0.301 e. The van der Waals surface area contributed by atoms with E-state index in [4.69, 9.17) is 0 Å². The largest absolute Gasteiger partial charge is 0.391 e. The predicted molar refractivity (Wildman–Crippen MR) is 307 cm³/mol.